The molecule has 1 atom stereocenters. The van der Waals surface area contributed by atoms with Crippen molar-refractivity contribution < 1.29 is 31.1 Å². The number of hydrogen-bond acceptors (Lipinski definition) is 4. The number of ether oxygens (including phenoxy) is 1. The molecule has 2 rings (SSSR count). The molecule has 0 unspecified atom stereocenters. The summed E-state index contributed by atoms with van der Waals surface area (Å²) >= 11 is 5.52. The Hall–Kier alpha value is -2.30. The topological polar surface area (TPSA) is 84.5 Å². The number of hydrogen-bond donors (Lipinski definition) is 2. The van der Waals surface area contributed by atoms with Gasteiger partial charge in [-0.15, -0.1) is 0 Å². The van der Waals surface area contributed by atoms with Crippen molar-refractivity contribution in [3.8, 4) is 5.75 Å². The lowest BCUT2D eigenvalue weighted by atomic mass is 10.2. The van der Waals surface area contributed by atoms with E-state index in [9.17, 15) is 26.4 Å². The Balaban J connectivity index is 2.12. The van der Waals surface area contributed by atoms with Gasteiger partial charge in [-0.2, -0.15) is 17.9 Å². The fraction of sp³-hybridized carbons (Fsp3) is 0.235. The van der Waals surface area contributed by atoms with Gasteiger partial charge in [0.25, 0.3) is 0 Å². The largest absolute Gasteiger partial charge is 0.497 e. The molecule has 2 aromatic rings. The highest BCUT2D eigenvalue weighted by atomic mass is 35.5. The minimum Gasteiger partial charge on any atom is -0.497 e. The number of sulfonamides is 1. The third-order valence-electron chi connectivity index (χ3n) is 3.63. The molecule has 0 bridgehead atoms. The molecule has 28 heavy (non-hydrogen) atoms. The van der Waals surface area contributed by atoms with Gasteiger partial charge in [0, 0.05) is 5.69 Å². The predicted molar refractivity (Wildman–Crippen MR) is 97.9 cm³/mol. The van der Waals surface area contributed by atoms with Crippen LogP contribution in [0, 0.1) is 0 Å². The van der Waals surface area contributed by atoms with Crippen LogP contribution in [0.3, 0.4) is 0 Å². The second kappa shape index (κ2) is 8.38. The molecule has 0 aliphatic rings. The van der Waals surface area contributed by atoms with Crippen LogP contribution in [0.25, 0.3) is 0 Å². The van der Waals surface area contributed by atoms with Gasteiger partial charge in [-0.25, -0.2) is 8.42 Å². The summed E-state index contributed by atoms with van der Waals surface area (Å²) in [5.74, 6) is -0.388. The SMILES string of the molecule is COc1ccc(S(=O)(=O)N[C@@H](C)C(=O)Nc2ccc(Cl)c(C(F)(F)F)c2)cc1. The first-order valence-electron chi connectivity index (χ1n) is 7.78. The van der Waals surface area contributed by atoms with Gasteiger partial charge in [0.2, 0.25) is 15.9 Å². The van der Waals surface area contributed by atoms with Crippen LogP contribution in [-0.4, -0.2) is 27.5 Å². The number of benzene rings is 2. The maximum Gasteiger partial charge on any atom is 0.417 e. The normalized spacial score (nSPS) is 13.1. The van der Waals surface area contributed by atoms with Crippen molar-refractivity contribution in [1.29, 1.82) is 0 Å². The zero-order valence-electron chi connectivity index (χ0n) is 14.7. The van der Waals surface area contributed by atoms with Gasteiger partial charge in [0.05, 0.1) is 28.6 Å². The average Bonchev–Trinajstić information content (AvgIpc) is 2.62. The Morgan fingerprint density at radius 1 is 1.14 bits per heavy atom. The van der Waals surface area contributed by atoms with E-state index < -0.39 is 38.7 Å². The molecule has 2 N–H and O–H groups in total. The first-order chi connectivity index (χ1) is 12.9. The van der Waals surface area contributed by atoms with E-state index in [0.717, 1.165) is 6.07 Å². The first kappa shape index (κ1) is 22.0. The summed E-state index contributed by atoms with van der Waals surface area (Å²) in [4.78, 5) is 12.1. The zero-order chi connectivity index (χ0) is 21.1. The zero-order valence-corrected chi connectivity index (χ0v) is 16.2. The average molecular weight is 437 g/mol. The van der Waals surface area contributed by atoms with Crippen molar-refractivity contribution in [2.75, 3.05) is 12.4 Å². The quantitative estimate of drug-likeness (QED) is 0.723. The molecule has 0 fully saturated rings. The fourth-order valence-electron chi connectivity index (χ4n) is 2.18. The van der Waals surface area contributed by atoms with Crippen LogP contribution in [0.1, 0.15) is 12.5 Å². The monoisotopic (exact) mass is 436 g/mol. The molecule has 2 aromatic carbocycles. The minimum atomic E-state index is -4.70. The van der Waals surface area contributed by atoms with Crippen LogP contribution in [0.5, 0.6) is 5.75 Å². The molecular formula is C17H16ClF3N2O4S. The van der Waals surface area contributed by atoms with Crippen molar-refractivity contribution in [3.05, 3.63) is 53.1 Å². The smallest absolute Gasteiger partial charge is 0.417 e. The molecule has 0 aliphatic carbocycles. The van der Waals surface area contributed by atoms with Gasteiger partial charge < -0.3 is 10.1 Å². The van der Waals surface area contributed by atoms with Gasteiger partial charge in [-0.3, -0.25) is 4.79 Å². The van der Waals surface area contributed by atoms with E-state index in [2.05, 4.69) is 10.0 Å². The Labute approximate surface area is 164 Å². The summed E-state index contributed by atoms with van der Waals surface area (Å²) < 4.78 is 70.4. The molecule has 6 nitrogen and oxygen atoms in total. The number of methoxy groups -OCH3 is 1. The summed E-state index contributed by atoms with van der Waals surface area (Å²) in [6.07, 6.45) is -4.70. The van der Waals surface area contributed by atoms with Crippen molar-refractivity contribution >= 4 is 33.2 Å². The molecule has 0 saturated carbocycles. The van der Waals surface area contributed by atoms with E-state index in [4.69, 9.17) is 16.3 Å². The Kier molecular flexibility index (Phi) is 6.58. The molecule has 0 saturated heterocycles. The summed E-state index contributed by atoms with van der Waals surface area (Å²) in [7, 11) is -2.60. The Bertz CT molecular complexity index is 963. The number of halogens is 4. The van der Waals surface area contributed by atoms with Gasteiger partial charge in [0.15, 0.2) is 0 Å². The maximum absolute atomic E-state index is 12.9. The molecule has 0 spiro atoms. The van der Waals surface area contributed by atoms with E-state index in [0.29, 0.717) is 11.8 Å². The Morgan fingerprint density at radius 3 is 2.29 bits per heavy atom. The van der Waals surface area contributed by atoms with Gasteiger partial charge in [0.1, 0.15) is 5.75 Å². The lowest BCUT2D eigenvalue weighted by Crippen LogP contribution is -2.41. The van der Waals surface area contributed by atoms with Crippen LogP contribution >= 0.6 is 11.6 Å². The van der Waals surface area contributed by atoms with Crippen LogP contribution in [0.4, 0.5) is 18.9 Å². The van der Waals surface area contributed by atoms with Crippen LogP contribution < -0.4 is 14.8 Å². The highest BCUT2D eigenvalue weighted by Crippen LogP contribution is 2.36. The maximum atomic E-state index is 12.9. The minimum absolute atomic E-state index is 0.0983. The van der Waals surface area contributed by atoms with E-state index in [1.54, 1.807) is 0 Å². The fourth-order valence-corrected chi connectivity index (χ4v) is 3.61. The van der Waals surface area contributed by atoms with Crippen molar-refractivity contribution in [2.24, 2.45) is 0 Å². The number of alkyl halides is 3. The molecule has 152 valence electrons. The van der Waals surface area contributed by atoms with Crippen LogP contribution in [0.2, 0.25) is 5.02 Å². The highest BCUT2D eigenvalue weighted by Gasteiger charge is 2.33. The molecule has 0 heterocycles. The molecule has 0 aromatic heterocycles. The summed E-state index contributed by atoms with van der Waals surface area (Å²) in [6, 6.07) is 7.05. The lowest BCUT2D eigenvalue weighted by molar-refractivity contribution is -0.137. The first-order valence-corrected chi connectivity index (χ1v) is 9.64. The number of amides is 1. The number of carbonyl (C=O) groups excluding carboxylic acids is 1. The summed E-state index contributed by atoms with van der Waals surface area (Å²) in [5.41, 5.74) is -1.28. The van der Waals surface area contributed by atoms with Crippen molar-refractivity contribution in [2.45, 2.75) is 24.0 Å². The van der Waals surface area contributed by atoms with Gasteiger partial charge in [-0.05, 0) is 49.4 Å². The third-order valence-corrected chi connectivity index (χ3v) is 5.52. The number of rotatable bonds is 6. The molecule has 1 amide bonds. The number of carbonyl (C=O) groups is 1. The molecule has 0 radical (unpaired) electrons. The van der Waals surface area contributed by atoms with E-state index in [1.807, 2.05) is 0 Å². The van der Waals surface area contributed by atoms with Gasteiger partial charge in [-0.1, -0.05) is 11.6 Å². The van der Waals surface area contributed by atoms with Crippen LogP contribution in [0.15, 0.2) is 47.4 Å². The second-order valence-corrected chi connectivity index (χ2v) is 7.82. The van der Waals surface area contributed by atoms with Crippen molar-refractivity contribution in [3.63, 3.8) is 0 Å². The van der Waals surface area contributed by atoms with Crippen LogP contribution in [-0.2, 0) is 21.0 Å². The lowest BCUT2D eigenvalue weighted by Gasteiger charge is -2.16. The molecular weight excluding hydrogens is 421 g/mol. The van der Waals surface area contributed by atoms with E-state index in [-0.39, 0.29) is 10.6 Å². The molecule has 0 aliphatic heterocycles. The summed E-state index contributed by atoms with van der Waals surface area (Å²) in [6.45, 7) is 1.26. The number of nitrogens with one attached hydrogen (secondary N) is 2. The Morgan fingerprint density at radius 2 is 1.75 bits per heavy atom. The predicted octanol–water partition coefficient (Wildman–Crippen LogP) is 3.67. The van der Waals surface area contributed by atoms with E-state index >= 15 is 0 Å². The molecule has 11 heteroatoms. The third kappa shape index (κ3) is 5.37. The standard InChI is InChI=1S/C17H16ClF3N2O4S/c1-10(23-28(25,26)13-6-4-12(27-2)5-7-13)16(24)22-11-3-8-15(18)14(9-11)17(19,20)21/h3-10,23H,1-2H3,(H,22,24)/t10-/m0/s1. The second-order valence-electron chi connectivity index (χ2n) is 5.70. The summed E-state index contributed by atoms with van der Waals surface area (Å²) in [5, 5.41) is 1.71. The number of anilines is 1. The van der Waals surface area contributed by atoms with E-state index in [1.165, 1.54) is 44.4 Å². The van der Waals surface area contributed by atoms with Gasteiger partial charge >= 0.3 is 6.18 Å². The van der Waals surface area contributed by atoms with Crippen molar-refractivity contribution in [1.82, 2.24) is 4.72 Å². The highest BCUT2D eigenvalue weighted by molar-refractivity contribution is 7.89.